The highest BCUT2D eigenvalue weighted by molar-refractivity contribution is 6.05. The molecule has 0 aliphatic heterocycles. The van der Waals surface area contributed by atoms with Crippen molar-refractivity contribution in [3.05, 3.63) is 12.2 Å². The van der Waals surface area contributed by atoms with E-state index in [2.05, 4.69) is 20.4 Å². The average molecular weight is 405 g/mol. The lowest BCUT2D eigenvalue weighted by Gasteiger charge is -2.63. The van der Waals surface area contributed by atoms with E-state index in [0.717, 1.165) is 51.4 Å². The van der Waals surface area contributed by atoms with E-state index in [4.69, 9.17) is 14.2 Å². The molecule has 4 saturated carbocycles. The molecule has 0 radical (unpaired) electrons. The Balaban J connectivity index is 1.66. The van der Waals surface area contributed by atoms with Crippen LogP contribution in [0.15, 0.2) is 12.2 Å². The molecule has 6 atom stereocenters. The number of esters is 1. The number of Topliss-reactive ketones (excluding diaryl/α,β-unsaturated/α-hetero) is 1. The van der Waals surface area contributed by atoms with Crippen molar-refractivity contribution < 1.29 is 23.8 Å². The zero-order valence-corrected chi connectivity index (χ0v) is 18.5. The Kier molecular flexibility index (Phi) is 5.02. The lowest BCUT2D eigenvalue weighted by molar-refractivity contribution is -0.195. The van der Waals surface area contributed by atoms with Crippen molar-refractivity contribution in [2.24, 2.45) is 28.1 Å². The quantitative estimate of drug-likeness (QED) is 0.385. The van der Waals surface area contributed by atoms with Crippen LogP contribution in [-0.4, -0.2) is 37.9 Å². The van der Waals surface area contributed by atoms with E-state index in [1.54, 1.807) is 7.11 Å². The molecule has 0 saturated heterocycles. The first-order valence-corrected chi connectivity index (χ1v) is 11.1. The molecule has 2 bridgehead atoms. The molecular weight excluding hydrogens is 368 g/mol. The topological polar surface area (TPSA) is 61.8 Å². The predicted octanol–water partition coefficient (Wildman–Crippen LogP) is 4.44. The van der Waals surface area contributed by atoms with Gasteiger partial charge in [-0.1, -0.05) is 26.8 Å². The number of ether oxygens (including phenoxy) is 3. The molecule has 4 aliphatic rings. The number of rotatable bonds is 5. The summed E-state index contributed by atoms with van der Waals surface area (Å²) in [4.78, 5) is 25.1. The standard InChI is InChI=1S/C24H36O5/c1-16-20(26)23-11-7-18-21(3,14-28-17(2)25)9-6-10-22(18,4)19(23)8-12-24(16,13-23)29-15-27-5/h18-19H,1,6-15H2,2-5H3/t18-,19+,21+,22-,23-,24+/m1/s1. The second-order valence-corrected chi connectivity index (χ2v) is 10.7. The van der Waals surface area contributed by atoms with Gasteiger partial charge in [0.2, 0.25) is 0 Å². The van der Waals surface area contributed by atoms with Gasteiger partial charge in [0, 0.05) is 30.4 Å². The summed E-state index contributed by atoms with van der Waals surface area (Å²) in [5, 5.41) is 0. The summed E-state index contributed by atoms with van der Waals surface area (Å²) >= 11 is 0. The Morgan fingerprint density at radius 2 is 1.86 bits per heavy atom. The molecule has 0 aromatic carbocycles. The molecule has 1 spiro atoms. The Morgan fingerprint density at radius 1 is 1.14 bits per heavy atom. The predicted molar refractivity (Wildman–Crippen MR) is 109 cm³/mol. The van der Waals surface area contributed by atoms with E-state index in [0.29, 0.717) is 24.0 Å². The van der Waals surface area contributed by atoms with Gasteiger partial charge in [-0.05, 0) is 62.2 Å². The SMILES string of the molecule is C=C1C(=O)[C@@]23CC[C@@H]4[C@](C)(COC(C)=O)CCC[C@@]4(C)[C@@H]2CC[C@]1(OCOC)C3. The van der Waals surface area contributed by atoms with Gasteiger partial charge in [0.05, 0.1) is 12.2 Å². The zero-order chi connectivity index (χ0) is 21.1. The fraction of sp³-hybridized carbons (Fsp3) is 0.833. The summed E-state index contributed by atoms with van der Waals surface area (Å²) in [7, 11) is 1.62. The molecule has 4 rings (SSSR count). The van der Waals surface area contributed by atoms with Crippen molar-refractivity contribution in [3.63, 3.8) is 0 Å². The molecule has 4 aliphatic carbocycles. The normalized spacial score (nSPS) is 46.2. The first-order valence-electron chi connectivity index (χ1n) is 11.1. The van der Waals surface area contributed by atoms with Crippen LogP contribution in [0.5, 0.6) is 0 Å². The van der Waals surface area contributed by atoms with E-state index in [1.165, 1.54) is 6.92 Å². The highest BCUT2D eigenvalue weighted by Gasteiger charge is 2.70. The maximum Gasteiger partial charge on any atom is 0.302 e. The number of methoxy groups -OCH3 is 1. The first-order chi connectivity index (χ1) is 13.6. The minimum absolute atomic E-state index is 0.0139. The number of hydrogen-bond acceptors (Lipinski definition) is 5. The molecule has 162 valence electrons. The second kappa shape index (κ2) is 6.91. The van der Waals surface area contributed by atoms with Crippen molar-refractivity contribution in [1.29, 1.82) is 0 Å². The van der Waals surface area contributed by atoms with E-state index >= 15 is 0 Å². The van der Waals surface area contributed by atoms with Crippen molar-refractivity contribution in [2.45, 2.75) is 77.7 Å². The number of carbonyl (C=O) groups excluding carboxylic acids is 2. The van der Waals surface area contributed by atoms with Gasteiger partial charge in [-0.2, -0.15) is 0 Å². The van der Waals surface area contributed by atoms with Crippen LogP contribution in [-0.2, 0) is 23.8 Å². The lowest BCUT2D eigenvalue weighted by Crippen LogP contribution is -2.59. The smallest absolute Gasteiger partial charge is 0.302 e. The lowest BCUT2D eigenvalue weighted by atomic mass is 9.41. The Labute approximate surface area is 174 Å². The summed E-state index contributed by atoms with van der Waals surface area (Å²) < 4.78 is 16.8. The van der Waals surface area contributed by atoms with E-state index in [1.807, 2.05) is 0 Å². The molecule has 0 heterocycles. The fourth-order valence-electron chi connectivity index (χ4n) is 8.05. The summed E-state index contributed by atoms with van der Waals surface area (Å²) in [6.45, 7) is 11.1. The molecule has 4 fully saturated rings. The van der Waals surface area contributed by atoms with Gasteiger partial charge in [-0.15, -0.1) is 0 Å². The Hall–Kier alpha value is -1.20. The van der Waals surface area contributed by atoms with Gasteiger partial charge in [0.15, 0.2) is 5.78 Å². The van der Waals surface area contributed by atoms with Crippen molar-refractivity contribution in [2.75, 3.05) is 20.5 Å². The number of hydrogen-bond donors (Lipinski definition) is 0. The fourth-order valence-corrected chi connectivity index (χ4v) is 8.05. The molecule has 0 aromatic rings. The van der Waals surface area contributed by atoms with Crippen LogP contribution in [0.3, 0.4) is 0 Å². The highest BCUT2D eigenvalue weighted by atomic mass is 16.7. The van der Waals surface area contributed by atoms with Crippen LogP contribution in [0.4, 0.5) is 0 Å². The summed E-state index contributed by atoms with van der Waals surface area (Å²) in [5.41, 5.74) is -0.145. The van der Waals surface area contributed by atoms with E-state index in [-0.39, 0.29) is 34.8 Å². The van der Waals surface area contributed by atoms with Crippen LogP contribution >= 0.6 is 0 Å². The van der Waals surface area contributed by atoms with Crippen LogP contribution in [0, 0.1) is 28.1 Å². The van der Waals surface area contributed by atoms with Crippen LogP contribution in [0.25, 0.3) is 0 Å². The molecule has 0 unspecified atom stereocenters. The molecule has 0 aromatic heterocycles. The molecule has 5 heteroatoms. The molecule has 0 N–H and O–H groups in total. The Bertz CT molecular complexity index is 731. The third-order valence-electron chi connectivity index (χ3n) is 9.22. The molecule has 29 heavy (non-hydrogen) atoms. The second-order valence-electron chi connectivity index (χ2n) is 10.7. The summed E-state index contributed by atoms with van der Waals surface area (Å²) in [6, 6.07) is 0. The number of carbonyl (C=O) groups is 2. The van der Waals surface area contributed by atoms with Gasteiger partial charge >= 0.3 is 5.97 Å². The third-order valence-corrected chi connectivity index (χ3v) is 9.22. The number of fused-ring (bicyclic) bond motifs is 3. The first kappa shape index (κ1) is 21.0. The van der Waals surface area contributed by atoms with Gasteiger partial charge in [-0.3, -0.25) is 9.59 Å². The maximum absolute atomic E-state index is 13.6. The van der Waals surface area contributed by atoms with Gasteiger partial charge in [0.25, 0.3) is 0 Å². The minimum Gasteiger partial charge on any atom is -0.465 e. The van der Waals surface area contributed by atoms with Crippen molar-refractivity contribution in [1.82, 2.24) is 0 Å². The Morgan fingerprint density at radius 3 is 2.55 bits per heavy atom. The molecule has 5 nitrogen and oxygen atoms in total. The third kappa shape index (κ3) is 2.87. The molecule has 0 amide bonds. The minimum atomic E-state index is -0.539. The largest absolute Gasteiger partial charge is 0.465 e. The molecular formula is C24H36O5. The number of ketones is 1. The highest BCUT2D eigenvalue weighted by Crippen LogP contribution is 2.72. The van der Waals surface area contributed by atoms with Crippen LogP contribution in [0.2, 0.25) is 0 Å². The van der Waals surface area contributed by atoms with E-state index < -0.39 is 5.60 Å². The maximum atomic E-state index is 13.6. The van der Waals surface area contributed by atoms with Crippen molar-refractivity contribution in [3.8, 4) is 0 Å². The summed E-state index contributed by atoms with van der Waals surface area (Å²) in [5.74, 6) is 0.846. The van der Waals surface area contributed by atoms with Crippen molar-refractivity contribution >= 4 is 11.8 Å². The van der Waals surface area contributed by atoms with Crippen LogP contribution in [0.1, 0.15) is 72.1 Å². The van der Waals surface area contributed by atoms with Crippen LogP contribution < -0.4 is 0 Å². The van der Waals surface area contributed by atoms with E-state index in [9.17, 15) is 9.59 Å². The zero-order valence-electron chi connectivity index (χ0n) is 18.5. The van der Waals surface area contributed by atoms with Gasteiger partial charge in [0.1, 0.15) is 6.79 Å². The van der Waals surface area contributed by atoms with Gasteiger partial charge < -0.3 is 14.2 Å². The van der Waals surface area contributed by atoms with Gasteiger partial charge in [-0.25, -0.2) is 0 Å². The monoisotopic (exact) mass is 404 g/mol. The summed E-state index contributed by atoms with van der Waals surface area (Å²) in [6.07, 6.45) is 7.84. The average Bonchev–Trinajstić information content (AvgIpc) is 2.83.